The fraction of sp³-hybridized carbons (Fsp3) is 0.471. The third-order valence-corrected chi connectivity index (χ3v) is 5.53. The molecule has 3 heterocycles. The fourth-order valence-electron chi connectivity index (χ4n) is 3.33. The van der Waals surface area contributed by atoms with Gasteiger partial charge in [-0.2, -0.15) is 0 Å². The highest BCUT2D eigenvalue weighted by Crippen LogP contribution is 2.26. The van der Waals surface area contributed by atoms with Gasteiger partial charge in [-0.05, 0) is 33.1 Å². The number of fused-ring (bicyclic) bond motifs is 2. The fourth-order valence-corrected chi connectivity index (χ4v) is 4.22. The van der Waals surface area contributed by atoms with Crippen molar-refractivity contribution >= 4 is 22.2 Å². The summed E-state index contributed by atoms with van der Waals surface area (Å²) in [4.78, 5) is 21.3. The Morgan fingerprint density at radius 3 is 3.00 bits per heavy atom. The Balaban J connectivity index is 1.61. The molecule has 1 aliphatic rings. The van der Waals surface area contributed by atoms with Crippen LogP contribution in [0.5, 0.6) is 0 Å². The van der Waals surface area contributed by atoms with Gasteiger partial charge in [0.05, 0.1) is 17.9 Å². The monoisotopic (exact) mass is 344 g/mol. The van der Waals surface area contributed by atoms with Crippen LogP contribution in [0.3, 0.4) is 0 Å². The number of nitrogens with zero attached hydrogens (tertiary/aromatic N) is 4. The average Bonchev–Trinajstić information content (AvgIpc) is 3.21. The zero-order chi connectivity index (χ0) is 16.8. The summed E-state index contributed by atoms with van der Waals surface area (Å²) in [5.41, 5.74) is 3.48. The number of imidazole rings is 1. The molecule has 0 bridgehead atoms. The molecule has 0 saturated heterocycles. The molecule has 6 nitrogen and oxygen atoms in total. The Bertz CT molecular complexity index is 921. The van der Waals surface area contributed by atoms with Crippen LogP contribution in [0, 0.1) is 13.8 Å². The van der Waals surface area contributed by atoms with E-state index in [0.29, 0.717) is 12.2 Å². The second-order valence-electron chi connectivity index (χ2n) is 6.44. The van der Waals surface area contributed by atoms with E-state index in [-0.39, 0.29) is 5.91 Å². The second-order valence-corrected chi connectivity index (χ2v) is 7.65. The number of thiazole rings is 1. The second kappa shape index (κ2) is 5.73. The summed E-state index contributed by atoms with van der Waals surface area (Å²) >= 11 is 1.66. The number of amides is 1. The van der Waals surface area contributed by atoms with E-state index in [4.69, 9.17) is 4.52 Å². The summed E-state index contributed by atoms with van der Waals surface area (Å²) < 4.78 is 7.46. The lowest BCUT2D eigenvalue weighted by molar-refractivity contribution is 0.0771. The number of carbonyl (C=O) groups is 1. The van der Waals surface area contributed by atoms with Crippen LogP contribution >= 0.6 is 11.3 Å². The van der Waals surface area contributed by atoms with Crippen molar-refractivity contribution in [2.75, 3.05) is 7.05 Å². The standard InChI is InChI=1S/C17H20N4O2S/c1-10-8-21-13(11(2)18-17(21)24-10)9-20(3)16(22)15-12-6-4-5-7-14(12)23-19-15/h8H,4-7,9H2,1-3H3. The molecular weight excluding hydrogens is 324 g/mol. The molecule has 0 fully saturated rings. The molecule has 3 aromatic rings. The van der Waals surface area contributed by atoms with Crippen molar-refractivity contribution in [1.82, 2.24) is 19.4 Å². The van der Waals surface area contributed by atoms with E-state index in [2.05, 4.69) is 27.7 Å². The number of hydrogen-bond donors (Lipinski definition) is 0. The minimum absolute atomic E-state index is 0.0804. The quantitative estimate of drug-likeness (QED) is 0.732. The molecule has 0 saturated carbocycles. The Kier molecular flexibility index (Phi) is 3.68. The lowest BCUT2D eigenvalue weighted by atomic mass is 9.96. The van der Waals surface area contributed by atoms with E-state index >= 15 is 0 Å². The number of aryl methyl sites for hydroxylation is 3. The van der Waals surface area contributed by atoms with E-state index < -0.39 is 0 Å². The normalized spacial score (nSPS) is 14.1. The van der Waals surface area contributed by atoms with Gasteiger partial charge in [-0.3, -0.25) is 9.20 Å². The lowest BCUT2D eigenvalue weighted by Crippen LogP contribution is -2.28. The minimum atomic E-state index is -0.0804. The molecule has 0 atom stereocenters. The van der Waals surface area contributed by atoms with E-state index in [1.165, 1.54) is 4.88 Å². The predicted molar refractivity (Wildman–Crippen MR) is 91.5 cm³/mol. The summed E-state index contributed by atoms with van der Waals surface area (Å²) in [6, 6.07) is 0. The number of carbonyl (C=O) groups excluding carboxylic acids is 1. The average molecular weight is 344 g/mol. The third kappa shape index (κ3) is 2.43. The summed E-state index contributed by atoms with van der Waals surface area (Å²) in [6.45, 7) is 4.55. The van der Waals surface area contributed by atoms with Crippen LogP contribution in [0.15, 0.2) is 10.7 Å². The van der Waals surface area contributed by atoms with Crippen molar-refractivity contribution in [3.8, 4) is 0 Å². The van der Waals surface area contributed by atoms with Gasteiger partial charge in [0.2, 0.25) is 0 Å². The number of aromatic nitrogens is 3. The molecule has 0 spiro atoms. The molecule has 1 amide bonds. The van der Waals surface area contributed by atoms with Crippen molar-refractivity contribution < 1.29 is 9.32 Å². The summed E-state index contributed by atoms with van der Waals surface area (Å²) in [5, 5.41) is 4.05. The predicted octanol–water partition coefficient (Wildman–Crippen LogP) is 3.15. The molecule has 0 aliphatic heterocycles. The molecule has 3 aromatic heterocycles. The molecule has 0 unspecified atom stereocenters. The van der Waals surface area contributed by atoms with Gasteiger partial charge in [-0.1, -0.05) is 5.16 Å². The highest BCUT2D eigenvalue weighted by molar-refractivity contribution is 7.17. The van der Waals surface area contributed by atoms with Crippen molar-refractivity contribution in [2.24, 2.45) is 0 Å². The van der Waals surface area contributed by atoms with E-state index in [9.17, 15) is 4.79 Å². The van der Waals surface area contributed by atoms with Crippen LogP contribution in [0.1, 0.15) is 50.9 Å². The molecule has 7 heteroatoms. The van der Waals surface area contributed by atoms with E-state index in [1.54, 1.807) is 16.2 Å². The molecule has 0 radical (unpaired) electrons. The van der Waals surface area contributed by atoms with Gasteiger partial charge in [-0.15, -0.1) is 11.3 Å². The minimum Gasteiger partial charge on any atom is -0.360 e. The first-order valence-corrected chi connectivity index (χ1v) is 9.03. The van der Waals surface area contributed by atoms with Crippen molar-refractivity contribution in [3.05, 3.63) is 39.5 Å². The first kappa shape index (κ1) is 15.4. The summed E-state index contributed by atoms with van der Waals surface area (Å²) in [6.07, 6.45) is 6.04. The highest BCUT2D eigenvalue weighted by atomic mass is 32.1. The molecule has 4 rings (SSSR count). The van der Waals surface area contributed by atoms with Crippen LogP contribution in [-0.2, 0) is 19.4 Å². The van der Waals surface area contributed by atoms with E-state index in [0.717, 1.165) is 53.4 Å². The molecule has 126 valence electrons. The Morgan fingerprint density at radius 2 is 2.17 bits per heavy atom. The molecule has 0 N–H and O–H groups in total. The Morgan fingerprint density at radius 1 is 1.38 bits per heavy atom. The van der Waals surface area contributed by atoms with Gasteiger partial charge in [0.25, 0.3) is 5.91 Å². The van der Waals surface area contributed by atoms with Crippen LogP contribution in [-0.4, -0.2) is 32.4 Å². The van der Waals surface area contributed by atoms with Crippen LogP contribution in [0.4, 0.5) is 0 Å². The smallest absolute Gasteiger partial charge is 0.276 e. The zero-order valence-electron chi connectivity index (χ0n) is 14.1. The van der Waals surface area contributed by atoms with Crippen LogP contribution < -0.4 is 0 Å². The van der Waals surface area contributed by atoms with Gasteiger partial charge >= 0.3 is 0 Å². The molecule has 24 heavy (non-hydrogen) atoms. The van der Waals surface area contributed by atoms with Gasteiger partial charge in [0.1, 0.15) is 5.76 Å². The van der Waals surface area contributed by atoms with Gasteiger partial charge in [0, 0.05) is 30.1 Å². The molecular formula is C17H20N4O2S. The number of rotatable bonds is 3. The number of hydrogen-bond acceptors (Lipinski definition) is 5. The molecule has 0 aromatic carbocycles. The maximum absolute atomic E-state index is 12.8. The van der Waals surface area contributed by atoms with Crippen molar-refractivity contribution in [2.45, 2.75) is 46.1 Å². The van der Waals surface area contributed by atoms with Gasteiger partial charge in [-0.25, -0.2) is 4.98 Å². The van der Waals surface area contributed by atoms with Gasteiger partial charge < -0.3 is 9.42 Å². The third-order valence-electron chi connectivity index (χ3n) is 4.63. The maximum atomic E-state index is 12.8. The Hall–Kier alpha value is -2.15. The molecule has 1 aliphatic carbocycles. The lowest BCUT2D eigenvalue weighted by Gasteiger charge is -2.17. The first-order chi connectivity index (χ1) is 11.5. The van der Waals surface area contributed by atoms with Gasteiger partial charge in [0.15, 0.2) is 10.7 Å². The first-order valence-electron chi connectivity index (χ1n) is 8.21. The maximum Gasteiger partial charge on any atom is 0.276 e. The van der Waals surface area contributed by atoms with Crippen LogP contribution in [0.2, 0.25) is 0 Å². The largest absolute Gasteiger partial charge is 0.360 e. The van der Waals surface area contributed by atoms with Crippen LogP contribution in [0.25, 0.3) is 4.96 Å². The highest BCUT2D eigenvalue weighted by Gasteiger charge is 2.27. The topological polar surface area (TPSA) is 63.6 Å². The summed E-state index contributed by atoms with van der Waals surface area (Å²) in [5.74, 6) is 0.803. The SMILES string of the molecule is Cc1cn2c(CN(C)C(=O)c3noc4c3CCCC4)c(C)nc2s1. The van der Waals surface area contributed by atoms with Crippen molar-refractivity contribution in [3.63, 3.8) is 0 Å². The zero-order valence-corrected chi connectivity index (χ0v) is 14.9. The van der Waals surface area contributed by atoms with E-state index in [1.807, 2.05) is 14.0 Å². The Labute approximate surface area is 144 Å². The van der Waals surface area contributed by atoms with Crippen molar-refractivity contribution in [1.29, 1.82) is 0 Å². The summed E-state index contributed by atoms with van der Waals surface area (Å²) in [7, 11) is 1.81.